The number of primary amides is 1. The number of alkyl halides is 3. The van der Waals surface area contributed by atoms with Crippen LogP contribution >= 0.6 is 11.3 Å². The second-order valence-corrected chi connectivity index (χ2v) is 9.65. The molecule has 1 fully saturated rings. The highest BCUT2D eigenvalue weighted by Crippen LogP contribution is 2.44. The predicted molar refractivity (Wildman–Crippen MR) is 123 cm³/mol. The maximum Gasteiger partial charge on any atom is 0.433 e. The largest absolute Gasteiger partial charge is 0.433 e. The Kier molecular flexibility index (Phi) is 6.59. The number of carbonyl (C=O) groups is 1. The number of aromatic nitrogens is 3. The minimum absolute atomic E-state index is 0.0705. The third-order valence-electron chi connectivity index (χ3n) is 6.17. The molecule has 1 aromatic carbocycles. The zero-order valence-corrected chi connectivity index (χ0v) is 19.2. The number of nitrogens with one attached hydrogen (secondary N) is 1. The van der Waals surface area contributed by atoms with E-state index in [9.17, 15) is 23.1 Å². The van der Waals surface area contributed by atoms with Crippen LogP contribution in [0.1, 0.15) is 41.9 Å². The average molecular weight is 492 g/mol. The average Bonchev–Trinajstić information content (AvgIpc) is 3.29. The SMILES string of the molecule is Cc1cc(Nc2nccc(C(F)(F)F)n2)cc(-c2cnc(C3(CO)CCC(C(N)=O)CC3)s2)c1. The van der Waals surface area contributed by atoms with Gasteiger partial charge < -0.3 is 16.2 Å². The third-order valence-corrected chi connectivity index (χ3v) is 7.46. The lowest BCUT2D eigenvalue weighted by atomic mass is 9.71. The van der Waals surface area contributed by atoms with E-state index in [0.29, 0.717) is 31.4 Å². The van der Waals surface area contributed by atoms with E-state index in [1.807, 2.05) is 13.0 Å². The van der Waals surface area contributed by atoms with Gasteiger partial charge in [-0.05, 0) is 61.9 Å². The van der Waals surface area contributed by atoms with E-state index in [0.717, 1.165) is 33.3 Å². The number of carbonyl (C=O) groups excluding carboxylic acids is 1. The molecular formula is C23H24F3N5O2S. The van der Waals surface area contributed by atoms with Gasteiger partial charge in [0, 0.05) is 29.4 Å². The molecular weight excluding hydrogens is 467 g/mol. The number of hydrogen-bond donors (Lipinski definition) is 3. The van der Waals surface area contributed by atoms with E-state index in [1.165, 1.54) is 11.3 Å². The molecule has 0 spiro atoms. The standard InChI is InChI=1S/C23H24F3N5O2S/c1-13-8-15(10-16(9-13)30-21-28-7-4-18(31-21)23(24,25)26)17-11-29-20(34-17)22(12-32)5-2-14(3-6-22)19(27)33/h4,7-11,14,32H,2-3,5-6,12H2,1H3,(H2,27,33)(H,28,30,31). The monoisotopic (exact) mass is 491 g/mol. The summed E-state index contributed by atoms with van der Waals surface area (Å²) in [6, 6.07) is 6.35. The lowest BCUT2D eigenvalue weighted by molar-refractivity contribution is -0.141. The van der Waals surface area contributed by atoms with Crippen molar-refractivity contribution >= 4 is 28.9 Å². The molecule has 0 saturated heterocycles. The zero-order chi connectivity index (χ0) is 24.5. The van der Waals surface area contributed by atoms with Crippen molar-refractivity contribution in [2.45, 2.75) is 44.2 Å². The Morgan fingerprint density at radius 3 is 2.65 bits per heavy atom. The molecule has 2 heterocycles. The molecule has 4 N–H and O–H groups in total. The third kappa shape index (κ3) is 5.05. The predicted octanol–water partition coefficient (Wildman–Crippen LogP) is 4.58. The minimum Gasteiger partial charge on any atom is -0.395 e. The number of amides is 1. The van der Waals surface area contributed by atoms with Crippen molar-refractivity contribution in [1.29, 1.82) is 0 Å². The fraction of sp³-hybridized carbons (Fsp3) is 0.391. The number of nitrogens with zero attached hydrogens (tertiary/aromatic N) is 3. The number of benzene rings is 1. The summed E-state index contributed by atoms with van der Waals surface area (Å²) in [4.78, 5) is 24.4. The Bertz CT molecular complexity index is 1190. The molecule has 34 heavy (non-hydrogen) atoms. The van der Waals surface area contributed by atoms with E-state index in [-0.39, 0.29) is 24.4 Å². The summed E-state index contributed by atoms with van der Waals surface area (Å²) in [6.07, 6.45) is 0.702. The summed E-state index contributed by atoms with van der Waals surface area (Å²) >= 11 is 1.46. The fourth-order valence-electron chi connectivity index (χ4n) is 4.25. The molecule has 0 bridgehead atoms. The van der Waals surface area contributed by atoms with Crippen molar-refractivity contribution in [2.75, 3.05) is 11.9 Å². The molecule has 1 aliphatic carbocycles. The minimum atomic E-state index is -4.56. The molecule has 0 atom stereocenters. The van der Waals surface area contributed by atoms with Crippen LogP contribution in [-0.4, -0.2) is 32.6 Å². The quantitative estimate of drug-likeness (QED) is 0.465. The summed E-state index contributed by atoms with van der Waals surface area (Å²) in [6.45, 7) is 1.81. The molecule has 7 nitrogen and oxygen atoms in total. The first-order valence-electron chi connectivity index (χ1n) is 10.8. The molecule has 1 aliphatic rings. The normalized spacial score (nSPS) is 20.8. The lowest BCUT2D eigenvalue weighted by Gasteiger charge is -2.36. The van der Waals surface area contributed by atoms with Crippen molar-refractivity contribution in [3.8, 4) is 10.4 Å². The van der Waals surface area contributed by atoms with Crippen LogP contribution in [0.4, 0.5) is 24.8 Å². The molecule has 180 valence electrons. The summed E-state index contributed by atoms with van der Waals surface area (Å²) in [7, 11) is 0. The van der Waals surface area contributed by atoms with Gasteiger partial charge in [0.25, 0.3) is 0 Å². The summed E-state index contributed by atoms with van der Waals surface area (Å²) < 4.78 is 38.9. The van der Waals surface area contributed by atoms with E-state index < -0.39 is 17.3 Å². The first-order valence-corrected chi connectivity index (χ1v) is 11.6. The van der Waals surface area contributed by atoms with Crippen molar-refractivity contribution in [3.05, 3.63) is 52.9 Å². The number of aliphatic hydroxyl groups is 1. The molecule has 0 radical (unpaired) electrons. The first-order chi connectivity index (χ1) is 16.1. The number of thiazole rings is 1. The zero-order valence-electron chi connectivity index (χ0n) is 18.4. The topological polar surface area (TPSA) is 114 Å². The van der Waals surface area contributed by atoms with Crippen LogP contribution in [0, 0.1) is 12.8 Å². The van der Waals surface area contributed by atoms with Gasteiger partial charge in [0.15, 0.2) is 0 Å². The van der Waals surface area contributed by atoms with Gasteiger partial charge in [0.2, 0.25) is 11.9 Å². The van der Waals surface area contributed by atoms with Gasteiger partial charge in [-0.25, -0.2) is 15.0 Å². The molecule has 1 saturated carbocycles. The number of nitrogens with two attached hydrogens (primary N) is 1. The highest BCUT2D eigenvalue weighted by Gasteiger charge is 2.40. The number of aliphatic hydroxyl groups excluding tert-OH is 1. The number of halogens is 3. The van der Waals surface area contributed by atoms with E-state index in [2.05, 4.69) is 20.3 Å². The number of anilines is 2. The Morgan fingerprint density at radius 2 is 2.00 bits per heavy atom. The van der Waals surface area contributed by atoms with Crippen LogP contribution in [0.15, 0.2) is 36.7 Å². The van der Waals surface area contributed by atoms with Gasteiger partial charge >= 0.3 is 6.18 Å². The van der Waals surface area contributed by atoms with Crippen LogP contribution in [0.3, 0.4) is 0 Å². The highest BCUT2D eigenvalue weighted by molar-refractivity contribution is 7.15. The Balaban J connectivity index is 1.58. The second kappa shape index (κ2) is 9.30. The van der Waals surface area contributed by atoms with E-state index in [1.54, 1.807) is 18.3 Å². The second-order valence-electron chi connectivity index (χ2n) is 8.62. The van der Waals surface area contributed by atoms with E-state index in [4.69, 9.17) is 5.73 Å². The molecule has 2 aromatic heterocycles. The molecule has 4 rings (SSSR count). The maximum absolute atomic E-state index is 13.0. The van der Waals surface area contributed by atoms with Crippen LogP contribution < -0.4 is 11.1 Å². The molecule has 1 amide bonds. The van der Waals surface area contributed by atoms with Crippen LogP contribution in [-0.2, 0) is 16.4 Å². The molecule has 0 unspecified atom stereocenters. The van der Waals surface area contributed by atoms with Gasteiger partial charge in [0.05, 0.1) is 11.5 Å². The van der Waals surface area contributed by atoms with Crippen molar-refractivity contribution in [1.82, 2.24) is 15.0 Å². The number of rotatable bonds is 6. The van der Waals surface area contributed by atoms with Crippen LogP contribution in [0.25, 0.3) is 10.4 Å². The smallest absolute Gasteiger partial charge is 0.395 e. The maximum atomic E-state index is 13.0. The molecule has 0 aliphatic heterocycles. The van der Waals surface area contributed by atoms with Crippen molar-refractivity contribution in [2.24, 2.45) is 11.7 Å². The molecule has 11 heteroatoms. The van der Waals surface area contributed by atoms with Gasteiger partial charge in [-0.1, -0.05) is 6.07 Å². The van der Waals surface area contributed by atoms with Gasteiger partial charge in [-0.15, -0.1) is 11.3 Å². The summed E-state index contributed by atoms with van der Waals surface area (Å²) in [5, 5.41) is 13.8. The lowest BCUT2D eigenvalue weighted by Crippen LogP contribution is -2.38. The van der Waals surface area contributed by atoms with Gasteiger partial charge in [-0.3, -0.25) is 4.79 Å². The van der Waals surface area contributed by atoms with Gasteiger partial charge in [0.1, 0.15) is 10.7 Å². The molecule has 3 aromatic rings. The fourth-order valence-corrected chi connectivity index (χ4v) is 5.39. The van der Waals surface area contributed by atoms with Crippen molar-refractivity contribution in [3.63, 3.8) is 0 Å². The Morgan fingerprint density at radius 1 is 1.26 bits per heavy atom. The Hall–Kier alpha value is -3.05. The van der Waals surface area contributed by atoms with Crippen molar-refractivity contribution < 1.29 is 23.1 Å². The summed E-state index contributed by atoms with van der Waals surface area (Å²) in [5.74, 6) is -0.639. The highest BCUT2D eigenvalue weighted by atomic mass is 32.1. The van der Waals surface area contributed by atoms with E-state index >= 15 is 0 Å². The number of hydrogen-bond acceptors (Lipinski definition) is 7. The first kappa shape index (κ1) is 24.1. The van der Waals surface area contributed by atoms with Crippen LogP contribution in [0.5, 0.6) is 0 Å². The number of aryl methyl sites for hydroxylation is 1. The van der Waals surface area contributed by atoms with Gasteiger partial charge in [-0.2, -0.15) is 13.2 Å². The van der Waals surface area contributed by atoms with Crippen LogP contribution in [0.2, 0.25) is 0 Å². The Labute approximate surface area is 198 Å². The summed E-state index contributed by atoms with van der Waals surface area (Å²) in [5.41, 5.74) is 6.18.